The van der Waals surface area contributed by atoms with Crippen LogP contribution in [0.5, 0.6) is 5.75 Å². The number of nitrogens with two attached hydrogens (primary N) is 1. The Morgan fingerprint density at radius 1 is 1.43 bits per heavy atom. The Hall–Kier alpha value is -1.55. The highest BCUT2D eigenvalue weighted by Gasteiger charge is 2.37. The summed E-state index contributed by atoms with van der Waals surface area (Å²) in [7, 11) is -1.95. The van der Waals surface area contributed by atoms with Crippen molar-refractivity contribution >= 4 is 10.0 Å². The predicted octanol–water partition coefficient (Wildman–Crippen LogP) is 1.18. The number of rotatable bonds is 5. The Morgan fingerprint density at radius 2 is 2.14 bits per heavy atom. The molecule has 1 aliphatic carbocycles. The second-order valence-electron chi connectivity index (χ2n) is 4.81. The van der Waals surface area contributed by atoms with E-state index in [4.69, 9.17) is 10.5 Å². The Labute approximate surface area is 126 Å². The van der Waals surface area contributed by atoms with E-state index in [0.717, 1.165) is 12.8 Å². The Morgan fingerprint density at radius 3 is 2.67 bits per heavy atom. The molecule has 0 aliphatic heterocycles. The molecule has 1 aromatic rings. The van der Waals surface area contributed by atoms with Crippen molar-refractivity contribution < 1.29 is 13.2 Å². The van der Waals surface area contributed by atoms with Gasteiger partial charge in [0.15, 0.2) is 0 Å². The van der Waals surface area contributed by atoms with Crippen molar-refractivity contribution in [1.82, 2.24) is 4.31 Å². The van der Waals surface area contributed by atoms with Gasteiger partial charge < -0.3 is 10.5 Å². The molecule has 1 fully saturated rings. The van der Waals surface area contributed by atoms with Crippen LogP contribution in [0.15, 0.2) is 23.1 Å². The molecule has 0 saturated heterocycles. The molecule has 5 nitrogen and oxygen atoms in total. The van der Waals surface area contributed by atoms with Gasteiger partial charge in [-0.3, -0.25) is 0 Å². The lowest BCUT2D eigenvalue weighted by Crippen LogP contribution is -2.32. The second-order valence-corrected chi connectivity index (χ2v) is 6.70. The van der Waals surface area contributed by atoms with E-state index in [2.05, 4.69) is 11.8 Å². The van der Waals surface area contributed by atoms with Gasteiger partial charge in [0.25, 0.3) is 0 Å². The zero-order valence-corrected chi connectivity index (χ0v) is 13.1. The van der Waals surface area contributed by atoms with Gasteiger partial charge in [0, 0.05) is 12.6 Å². The number of ether oxygens (including phenoxy) is 1. The number of nitrogens with zero attached hydrogens (tertiary/aromatic N) is 1. The SMILES string of the molecule is CCN(C1CC1)S(=O)(=O)c1ccc(OC)c(C#CCN)c1. The van der Waals surface area contributed by atoms with Gasteiger partial charge in [0.1, 0.15) is 5.75 Å². The molecule has 2 rings (SSSR count). The maximum Gasteiger partial charge on any atom is 0.243 e. The largest absolute Gasteiger partial charge is 0.495 e. The molecule has 1 aromatic carbocycles. The summed E-state index contributed by atoms with van der Waals surface area (Å²) in [5, 5.41) is 0. The van der Waals surface area contributed by atoms with Crippen molar-refractivity contribution in [3.05, 3.63) is 23.8 Å². The summed E-state index contributed by atoms with van der Waals surface area (Å²) < 4.78 is 32.1. The van der Waals surface area contributed by atoms with Crippen LogP contribution in [-0.4, -0.2) is 39.0 Å². The number of methoxy groups -OCH3 is 1. The number of hydrogen-bond acceptors (Lipinski definition) is 4. The molecule has 6 heteroatoms. The third-order valence-electron chi connectivity index (χ3n) is 3.37. The van der Waals surface area contributed by atoms with Gasteiger partial charge in [0.05, 0.1) is 24.1 Å². The summed E-state index contributed by atoms with van der Waals surface area (Å²) in [6.45, 7) is 2.54. The zero-order chi connectivity index (χ0) is 15.5. The quantitative estimate of drug-likeness (QED) is 0.829. The maximum atomic E-state index is 12.7. The molecular formula is C15H20N2O3S. The zero-order valence-electron chi connectivity index (χ0n) is 12.3. The van der Waals surface area contributed by atoms with Crippen LogP contribution in [0.3, 0.4) is 0 Å². The normalized spacial score (nSPS) is 14.7. The summed E-state index contributed by atoms with van der Waals surface area (Å²) in [5.41, 5.74) is 5.91. The maximum absolute atomic E-state index is 12.7. The van der Waals surface area contributed by atoms with E-state index in [0.29, 0.717) is 17.9 Å². The minimum atomic E-state index is -3.48. The van der Waals surface area contributed by atoms with Crippen LogP contribution in [0, 0.1) is 11.8 Å². The van der Waals surface area contributed by atoms with Gasteiger partial charge in [-0.25, -0.2) is 8.42 Å². The third-order valence-corrected chi connectivity index (χ3v) is 5.39. The van der Waals surface area contributed by atoms with Crippen LogP contribution >= 0.6 is 0 Å². The van der Waals surface area contributed by atoms with Crippen molar-refractivity contribution in [2.45, 2.75) is 30.7 Å². The first-order valence-electron chi connectivity index (χ1n) is 6.93. The number of sulfonamides is 1. The smallest absolute Gasteiger partial charge is 0.243 e. The van der Waals surface area contributed by atoms with E-state index in [-0.39, 0.29) is 17.5 Å². The van der Waals surface area contributed by atoms with Gasteiger partial charge >= 0.3 is 0 Å². The Bertz CT molecular complexity index is 670. The van der Waals surface area contributed by atoms with E-state index in [1.165, 1.54) is 7.11 Å². The standard InChI is InChI=1S/C15H20N2O3S/c1-3-17(13-6-7-13)21(18,19)14-8-9-15(20-2)12(11-14)5-4-10-16/h8-9,11,13H,3,6-7,10,16H2,1-2H3. The van der Waals surface area contributed by atoms with Gasteiger partial charge in [-0.05, 0) is 31.0 Å². The molecule has 0 amide bonds. The monoisotopic (exact) mass is 308 g/mol. The van der Waals surface area contributed by atoms with Crippen molar-refractivity contribution in [2.24, 2.45) is 5.73 Å². The summed E-state index contributed by atoms with van der Waals surface area (Å²) in [5.74, 6) is 6.13. The molecule has 0 atom stereocenters. The van der Waals surface area contributed by atoms with E-state index in [1.807, 2.05) is 6.92 Å². The van der Waals surface area contributed by atoms with Gasteiger partial charge in [-0.2, -0.15) is 4.31 Å². The molecule has 1 aliphatic rings. The molecule has 0 bridgehead atoms. The lowest BCUT2D eigenvalue weighted by molar-refractivity contribution is 0.411. The van der Waals surface area contributed by atoms with Gasteiger partial charge in [0.2, 0.25) is 10.0 Å². The van der Waals surface area contributed by atoms with E-state index in [9.17, 15) is 8.42 Å². The molecule has 114 valence electrons. The first-order valence-corrected chi connectivity index (χ1v) is 8.37. The highest BCUT2D eigenvalue weighted by atomic mass is 32.2. The first-order chi connectivity index (χ1) is 10.0. The third kappa shape index (κ3) is 3.38. The van der Waals surface area contributed by atoms with Crippen LogP contribution in [0.1, 0.15) is 25.3 Å². The van der Waals surface area contributed by atoms with Crippen molar-refractivity contribution in [3.8, 4) is 17.6 Å². The fraction of sp³-hybridized carbons (Fsp3) is 0.467. The Kier molecular flexibility index (Phi) is 4.88. The minimum absolute atomic E-state index is 0.140. The molecule has 0 radical (unpaired) electrons. The lowest BCUT2D eigenvalue weighted by Gasteiger charge is -2.20. The Balaban J connectivity index is 2.43. The highest BCUT2D eigenvalue weighted by molar-refractivity contribution is 7.89. The van der Waals surface area contributed by atoms with Crippen LogP contribution in [0.25, 0.3) is 0 Å². The van der Waals surface area contributed by atoms with Crippen molar-refractivity contribution in [1.29, 1.82) is 0 Å². The molecule has 2 N–H and O–H groups in total. The molecule has 21 heavy (non-hydrogen) atoms. The van der Waals surface area contributed by atoms with E-state index < -0.39 is 10.0 Å². The van der Waals surface area contributed by atoms with Crippen molar-refractivity contribution in [2.75, 3.05) is 20.2 Å². The fourth-order valence-corrected chi connectivity index (χ4v) is 3.93. The first kappa shape index (κ1) is 15.8. The molecule has 0 aromatic heterocycles. The highest BCUT2D eigenvalue weighted by Crippen LogP contribution is 2.32. The molecule has 0 heterocycles. The van der Waals surface area contributed by atoms with Crippen LogP contribution < -0.4 is 10.5 Å². The second kappa shape index (κ2) is 6.48. The molecule has 1 saturated carbocycles. The summed E-state index contributed by atoms with van der Waals surface area (Å²) in [6.07, 6.45) is 1.87. The van der Waals surface area contributed by atoms with E-state index >= 15 is 0 Å². The van der Waals surface area contributed by atoms with Gasteiger partial charge in [-0.15, -0.1) is 0 Å². The average molecular weight is 308 g/mol. The molecule has 0 unspecified atom stereocenters. The topological polar surface area (TPSA) is 72.6 Å². The summed E-state index contributed by atoms with van der Waals surface area (Å²) in [4.78, 5) is 0.248. The van der Waals surface area contributed by atoms with Crippen molar-refractivity contribution in [3.63, 3.8) is 0 Å². The summed E-state index contributed by atoms with van der Waals surface area (Å²) in [6, 6.07) is 4.89. The lowest BCUT2D eigenvalue weighted by atomic mass is 10.2. The van der Waals surface area contributed by atoms with Crippen LogP contribution in [0.4, 0.5) is 0 Å². The van der Waals surface area contributed by atoms with Gasteiger partial charge in [-0.1, -0.05) is 18.8 Å². The predicted molar refractivity (Wildman–Crippen MR) is 81.5 cm³/mol. The minimum Gasteiger partial charge on any atom is -0.495 e. The molecule has 0 spiro atoms. The summed E-state index contributed by atoms with van der Waals surface area (Å²) >= 11 is 0. The van der Waals surface area contributed by atoms with Crippen LogP contribution in [-0.2, 0) is 10.0 Å². The van der Waals surface area contributed by atoms with Crippen LogP contribution in [0.2, 0.25) is 0 Å². The van der Waals surface area contributed by atoms with E-state index in [1.54, 1.807) is 22.5 Å². The fourth-order valence-electron chi connectivity index (χ4n) is 2.21. The number of hydrogen-bond donors (Lipinski definition) is 1. The molecular weight excluding hydrogens is 288 g/mol. The average Bonchev–Trinajstić information content (AvgIpc) is 3.29. The number of benzene rings is 1.